The minimum Gasteiger partial charge on any atom is -0.366 e. The second kappa shape index (κ2) is 10.8. The molecule has 2 heteroatoms. The highest BCUT2D eigenvalue weighted by molar-refractivity contribution is 5.40. The molecule has 0 N–H and O–H groups in total. The highest BCUT2D eigenvalue weighted by Crippen LogP contribution is 2.50. The van der Waals surface area contributed by atoms with E-state index in [0.717, 1.165) is 50.6 Å². The van der Waals surface area contributed by atoms with Crippen molar-refractivity contribution in [1.82, 2.24) is 9.80 Å². The summed E-state index contributed by atoms with van der Waals surface area (Å²) in [5.74, 6) is 0. The lowest BCUT2D eigenvalue weighted by atomic mass is 9.64. The quantitative estimate of drug-likeness (QED) is 0.378. The monoisotopic (exact) mass is 466 g/mol. The van der Waals surface area contributed by atoms with Crippen LogP contribution in [0.3, 0.4) is 0 Å². The van der Waals surface area contributed by atoms with Crippen molar-refractivity contribution in [2.75, 3.05) is 21.1 Å². The molecule has 0 atom stereocenters. The van der Waals surface area contributed by atoms with Gasteiger partial charge in [-0.2, -0.15) is 0 Å². The Kier molecular flexibility index (Phi) is 7.82. The lowest BCUT2D eigenvalue weighted by Crippen LogP contribution is -2.55. The molecule has 3 aliphatic rings. The van der Waals surface area contributed by atoms with Gasteiger partial charge in [-0.05, 0) is 88.8 Å². The maximum atomic E-state index is 4.53. The second-order valence-corrected chi connectivity index (χ2v) is 10.6. The first kappa shape index (κ1) is 25.3. The van der Waals surface area contributed by atoms with Crippen LogP contribution in [0.4, 0.5) is 0 Å². The Morgan fingerprint density at radius 2 is 1.71 bits per heavy atom. The van der Waals surface area contributed by atoms with Crippen molar-refractivity contribution in [3.8, 4) is 0 Å². The van der Waals surface area contributed by atoms with Gasteiger partial charge in [-0.15, -0.1) is 0 Å². The summed E-state index contributed by atoms with van der Waals surface area (Å²) >= 11 is 0. The molecule has 0 unspecified atom stereocenters. The molecule has 3 aliphatic carbocycles. The maximum Gasteiger partial charge on any atom is 0.0618 e. The minimum absolute atomic E-state index is 0.0411. The van der Waals surface area contributed by atoms with Crippen LogP contribution in [-0.2, 0) is 5.54 Å². The zero-order valence-electron chi connectivity index (χ0n) is 22.1. The van der Waals surface area contributed by atoms with Gasteiger partial charge in [0.1, 0.15) is 0 Å². The average Bonchev–Trinajstić information content (AvgIpc) is 3.17. The molecule has 2 nitrogen and oxygen atoms in total. The Hall–Kier alpha value is -2.84. The van der Waals surface area contributed by atoms with E-state index < -0.39 is 0 Å². The summed E-state index contributed by atoms with van der Waals surface area (Å²) < 4.78 is 0. The smallest absolute Gasteiger partial charge is 0.0618 e. The molecule has 0 saturated heterocycles. The summed E-state index contributed by atoms with van der Waals surface area (Å²) in [7, 11) is 6.76. The summed E-state index contributed by atoms with van der Waals surface area (Å²) in [5, 5.41) is 0. The predicted octanol–water partition coefficient (Wildman–Crippen LogP) is 7.79. The normalized spacial score (nSPS) is 26.5. The lowest BCUT2D eigenvalue weighted by molar-refractivity contribution is 0.0326. The molecule has 1 fully saturated rings. The summed E-state index contributed by atoms with van der Waals surface area (Å²) in [4.78, 5) is 4.94. The van der Waals surface area contributed by atoms with Gasteiger partial charge in [0.2, 0.25) is 0 Å². The maximum absolute atomic E-state index is 4.53. The number of hydrogen-bond donors (Lipinski definition) is 0. The first-order valence-electron chi connectivity index (χ1n) is 13.1. The Bertz CT molecular complexity index is 1100. The topological polar surface area (TPSA) is 6.48 Å². The molecule has 1 saturated carbocycles. The van der Waals surface area contributed by atoms with E-state index in [1.807, 2.05) is 0 Å². The second-order valence-electron chi connectivity index (χ2n) is 10.6. The molecule has 4 rings (SSSR count). The van der Waals surface area contributed by atoms with Crippen molar-refractivity contribution in [3.05, 3.63) is 120 Å². The van der Waals surface area contributed by atoms with Crippen LogP contribution in [0.25, 0.3) is 0 Å². The lowest BCUT2D eigenvalue weighted by Gasteiger charge is -2.55. The molecule has 1 aromatic carbocycles. The van der Waals surface area contributed by atoms with Crippen molar-refractivity contribution >= 4 is 0 Å². The molecule has 0 aromatic heterocycles. The molecule has 0 spiro atoms. The third-order valence-corrected chi connectivity index (χ3v) is 8.47. The summed E-state index contributed by atoms with van der Waals surface area (Å²) in [6.07, 6.45) is 30.1. The fraction of sp³-hybridized carbons (Fsp3) is 0.394. The van der Waals surface area contributed by atoms with Crippen molar-refractivity contribution in [2.45, 2.75) is 62.9 Å². The Morgan fingerprint density at radius 3 is 2.40 bits per heavy atom. The van der Waals surface area contributed by atoms with Crippen LogP contribution in [0, 0.1) is 6.92 Å². The van der Waals surface area contributed by atoms with E-state index in [4.69, 9.17) is 0 Å². The first-order valence-corrected chi connectivity index (χ1v) is 13.1. The number of aryl methyl sites for hydroxylation is 1. The van der Waals surface area contributed by atoms with Gasteiger partial charge in [0.05, 0.1) is 5.54 Å². The predicted molar refractivity (Wildman–Crippen MR) is 151 cm³/mol. The third kappa shape index (κ3) is 5.23. The zero-order valence-corrected chi connectivity index (χ0v) is 22.1. The highest BCUT2D eigenvalue weighted by atomic mass is 15.2. The Balaban J connectivity index is 1.66. The first-order chi connectivity index (χ1) is 16.9. The van der Waals surface area contributed by atoms with Crippen LogP contribution in [0.1, 0.15) is 56.1 Å². The van der Waals surface area contributed by atoms with Gasteiger partial charge in [-0.1, -0.05) is 91.1 Å². The molecule has 0 radical (unpaired) electrons. The van der Waals surface area contributed by atoms with Crippen LogP contribution >= 0.6 is 0 Å². The van der Waals surface area contributed by atoms with Crippen LogP contribution in [0.15, 0.2) is 108 Å². The molecule has 35 heavy (non-hydrogen) atoms. The molecule has 0 aliphatic heterocycles. The highest BCUT2D eigenvalue weighted by Gasteiger charge is 2.48. The molecule has 0 amide bonds. The summed E-state index contributed by atoms with van der Waals surface area (Å²) in [6.45, 7) is 6.74. The molecular formula is C33H42N2. The largest absolute Gasteiger partial charge is 0.366 e. The van der Waals surface area contributed by atoms with E-state index >= 15 is 0 Å². The van der Waals surface area contributed by atoms with Crippen LogP contribution in [0.2, 0.25) is 0 Å². The van der Waals surface area contributed by atoms with Gasteiger partial charge in [-0.3, -0.25) is 4.90 Å². The summed E-state index contributed by atoms with van der Waals surface area (Å²) in [5.41, 5.74) is 6.66. The van der Waals surface area contributed by atoms with Gasteiger partial charge in [0, 0.05) is 18.3 Å². The SMILES string of the molecule is C=C(/C=C/C1=CCCC=C1)N(C)C1(C2=CC=CC=CC2)CCC(c2cccc(C)c2)(N(C)C)CC1. The average molecular weight is 467 g/mol. The fourth-order valence-corrected chi connectivity index (χ4v) is 6.14. The van der Waals surface area contributed by atoms with Crippen molar-refractivity contribution in [3.63, 3.8) is 0 Å². The van der Waals surface area contributed by atoms with Crippen molar-refractivity contribution in [1.29, 1.82) is 0 Å². The standard InChI is InChI=1S/C33H42N2/c1-27-14-13-19-31(26-27)32(34(3)4)22-24-33(25-23-32,30-17-11-6-7-12-18-30)35(5)28(2)20-21-29-15-9-8-10-16-29/h6-7,9,11-17,19-21,26H,2,8,10,18,22-25H2,1,3-5H3/b21-20+. The van der Waals surface area contributed by atoms with E-state index in [9.17, 15) is 0 Å². The number of allylic oxidation sites excluding steroid dienone is 11. The number of benzene rings is 1. The number of nitrogens with zero attached hydrogens (tertiary/aromatic N) is 2. The number of hydrogen-bond acceptors (Lipinski definition) is 2. The van der Waals surface area contributed by atoms with E-state index in [0.29, 0.717) is 0 Å². The van der Waals surface area contributed by atoms with E-state index in [2.05, 4.69) is 129 Å². The summed E-state index contributed by atoms with van der Waals surface area (Å²) in [6, 6.07) is 9.14. The van der Waals surface area contributed by atoms with Crippen LogP contribution in [0.5, 0.6) is 0 Å². The minimum atomic E-state index is -0.0411. The van der Waals surface area contributed by atoms with E-state index in [-0.39, 0.29) is 11.1 Å². The van der Waals surface area contributed by atoms with E-state index in [1.54, 1.807) is 0 Å². The Labute approximate surface area is 213 Å². The van der Waals surface area contributed by atoms with Crippen LogP contribution < -0.4 is 0 Å². The van der Waals surface area contributed by atoms with Gasteiger partial charge in [0.25, 0.3) is 0 Å². The Morgan fingerprint density at radius 1 is 0.943 bits per heavy atom. The number of likely N-dealkylation sites (N-methyl/N-ethyl adjacent to an activating group) is 1. The van der Waals surface area contributed by atoms with E-state index in [1.165, 1.54) is 22.3 Å². The molecule has 0 heterocycles. The number of rotatable bonds is 7. The van der Waals surface area contributed by atoms with Crippen LogP contribution in [-0.4, -0.2) is 36.5 Å². The third-order valence-electron chi connectivity index (χ3n) is 8.47. The molecule has 0 bridgehead atoms. The van der Waals surface area contributed by atoms with Gasteiger partial charge >= 0.3 is 0 Å². The van der Waals surface area contributed by atoms with Gasteiger partial charge in [0.15, 0.2) is 0 Å². The zero-order chi connectivity index (χ0) is 24.9. The molecule has 1 aromatic rings. The fourth-order valence-electron chi connectivity index (χ4n) is 6.14. The molecule has 184 valence electrons. The van der Waals surface area contributed by atoms with Gasteiger partial charge in [-0.25, -0.2) is 0 Å². The van der Waals surface area contributed by atoms with Gasteiger partial charge < -0.3 is 4.90 Å². The molecular weight excluding hydrogens is 424 g/mol. The van der Waals surface area contributed by atoms with Crippen molar-refractivity contribution in [2.24, 2.45) is 0 Å². The van der Waals surface area contributed by atoms with Crippen molar-refractivity contribution < 1.29 is 0 Å².